The third kappa shape index (κ3) is 4.39. The van der Waals surface area contributed by atoms with Crippen molar-refractivity contribution in [3.63, 3.8) is 0 Å². The summed E-state index contributed by atoms with van der Waals surface area (Å²) < 4.78 is 0. The van der Waals surface area contributed by atoms with E-state index >= 15 is 0 Å². The van der Waals surface area contributed by atoms with Gasteiger partial charge in [-0.2, -0.15) is 0 Å². The molecule has 1 fully saturated rings. The highest BCUT2D eigenvalue weighted by atomic mass is 15.2. The van der Waals surface area contributed by atoms with E-state index in [0.717, 1.165) is 24.5 Å². The zero-order chi connectivity index (χ0) is 13.5. The largest absolute Gasteiger partial charge is 0.384 e. The predicted octanol–water partition coefficient (Wildman–Crippen LogP) is 2.80. The maximum absolute atomic E-state index is 4.26. The van der Waals surface area contributed by atoms with Gasteiger partial charge >= 0.3 is 0 Å². The van der Waals surface area contributed by atoms with Gasteiger partial charge in [-0.25, -0.2) is 0 Å². The fraction of sp³-hybridized carbons (Fsp3) is 0.667. The van der Waals surface area contributed by atoms with Crippen molar-refractivity contribution in [2.75, 3.05) is 36.8 Å². The highest BCUT2D eigenvalue weighted by molar-refractivity contribution is 5.53. The van der Waals surface area contributed by atoms with Crippen LogP contribution in [0.4, 0.5) is 11.4 Å². The van der Waals surface area contributed by atoms with Crippen LogP contribution >= 0.6 is 0 Å². The van der Waals surface area contributed by atoms with Gasteiger partial charge in [0, 0.05) is 19.1 Å². The van der Waals surface area contributed by atoms with Crippen molar-refractivity contribution in [1.29, 1.82) is 0 Å². The lowest BCUT2D eigenvalue weighted by Gasteiger charge is -2.32. The molecule has 0 aliphatic carbocycles. The fourth-order valence-corrected chi connectivity index (χ4v) is 2.59. The Hall–Kier alpha value is -1.29. The van der Waals surface area contributed by atoms with Crippen LogP contribution in [0, 0.1) is 0 Å². The molecule has 19 heavy (non-hydrogen) atoms. The average Bonchev–Trinajstić information content (AvgIpc) is 2.46. The van der Waals surface area contributed by atoms with Crippen molar-refractivity contribution in [1.82, 2.24) is 9.88 Å². The number of pyridine rings is 1. The van der Waals surface area contributed by atoms with Crippen molar-refractivity contribution in [3.05, 3.63) is 18.5 Å². The molecule has 0 spiro atoms. The molecule has 1 aromatic rings. The van der Waals surface area contributed by atoms with Crippen molar-refractivity contribution in [2.24, 2.45) is 0 Å². The van der Waals surface area contributed by atoms with Gasteiger partial charge in [-0.3, -0.25) is 9.88 Å². The van der Waals surface area contributed by atoms with E-state index in [4.69, 9.17) is 0 Å². The summed E-state index contributed by atoms with van der Waals surface area (Å²) in [6.07, 6.45) is 7.85. The Kier molecular flexibility index (Phi) is 5.45. The molecule has 1 aliphatic rings. The van der Waals surface area contributed by atoms with E-state index in [1.54, 1.807) is 0 Å². The van der Waals surface area contributed by atoms with Crippen molar-refractivity contribution in [3.8, 4) is 0 Å². The Morgan fingerprint density at radius 3 is 2.53 bits per heavy atom. The van der Waals surface area contributed by atoms with E-state index < -0.39 is 0 Å². The molecule has 1 aromatic heterocycles. The number of hydrogen-bond acceptors (Lipinski definition) is 4. The standard InChI is InChI=1S/C15H26N4/c1-3-17-14-9-15(12-16-11-14)18-10-13(2)19-7-5-4-6-8-19/h9,11-13,17-18H,3-8,10H2,1-2H3. The van der Waals surface area contributed by atoms with E-state index in [1.165, 1.54) is 32.4 Å². The second-order valence-electron chi connectivity index (χ2n) is 5.32. The van der Waals surface area contributed by atoms with Gasteiger partial charge in [-0.15, -0.1) is 0 Å². The molecule has 1 atom stereocenters. The number of hydrogen-bond donors (Lipinski definition) is 2. The molecule has 2 N–H and O–H groups in total. The molecular formula is C15H26N4. The summed E-state index contributed by atoms with van der Waals surface area (Å²) in [5.74, 6) is 0. The van der Waals surface area contributed by atoms with Crippen LogP contribution in [-0.2, 0) is 0 Å². The number of likely N-dealkylation sites (tertiary alicyclic amines) is 1. The predicted molar refractivity (Wildman–Crippen MR) is 81.8 cm³/mol. The molecule has 0 saturated carbocycles. The SMILES string of the molecule is CCNc1cncc(NCC(C)N2CCCCC2)c1. The van der Waals surface area contributed by atoms with Crippen LogP contribution in [-0.4, -0.2) is 42.1 Å². The van der Waals surface area contributed by atoms with Gasteiger partial charge in [-0.1, -0.05) is 6.42 Å². The molecule has 0 amide bonds. The average molecular weight is 262 g/mol. The van der Waals surface area contributed by atoms with Crippen LogP contribution in [0.3, 0.4) is 0 Å². The summed E-state index contributed by atoms with van der Waals surface area (Å²) in [5.41, 5.74) is 2.18. The summed E-state index contributed by atoms with van der Waals surface area (Å²) in [4.78, 5) is 6.84. The molecule has 0 bridgehead atoms. The molecule has 106 valence electrons. The number of nitrogens with zero attached hydrogens (tertiary/aromatic N) is 2. The van der Waals surface area contributed by atoms with Crippen LogP contribution < -0.4 is 10.6 Å². The first-order valence-electron chi connectivity index (χ1n) is 7.46. The number of aromatic nitrogens is 1. The number of rotatable bonds is 6. The van der Waals surface area contributed by atoms with Gasteiger partial charge in [0.25, 0.3) is 0 Å². The molecule has 0 aromatic carbocycles. The van der Waals surface area contributed by atoms with E-state index in [1.807, 2.05) is 12.4 Å². The molecule has 4 heteroatoms. The van der Waals surface area contributed by atoms with E-state index in [9.17, 15) is 0 Å². The van der Waals surface area contributed by atoms with Crippen molar-refractivity contribution >= 4 is 11.4 Å². The summed E-state index contributed by atoms with van der Waals surface area (Å²) in [6, 6.07) is 2.71. The zero-order valence-corrected chi connectivity index (χ0v) is 12.2. The van der Waals surface area contributed by atoms with Crippen LogP contribution in [0.5, 0.6) is 0 Å². The summed E-state index contributed by atoms with van der Waals surface area (Å²) in [6.45, 7) is 8.81. The molecule has 2 rings (SSSR count). The lowest BCUT2D eigenvalue weighted by Crippen LogP contribution is -2.41. The molecule has 2 heterocycles. The fourth-order valence-electron chi connectivity index (χ4n) is 2.59. The minimum absolute atomic E-state index is 0.586. The lowest BCUT2D eigenvalue weighted by atomic mass is 10.1. The van der Waals surface area contributed by atoms with Crippen LogP contribution in [0.2, 0.25) is 0 Å². The first kappa shape index (κ1) is 14.1. The summed E-state index contributed by atoms with van der Waals surface area (Å²) in [7, 11) is 0. The molecule has 4 nitrogen and oxygen atoms in total. The zero-order valence-electron chi connectivity index (χ0n) is 12.2. The highest BCUT2D eigenvalue weighted by Gasteiger charge is 2.16. The monoisotopic (exact) mass is 262 g/mol. The normalized spacial score (nSPS) is 18.0. The van der Waals surface area contributed by atoms with Gasteiger partial charge < -0.3 is 10.6 Å². The number of piperidine rings is 1. The Morgan fingerprint density at radius 1 is 1.16 bits per heavy atom. The maximum atomic E-state index is 4.26. The Labute approximate surface area is 116 Å². The molecule has 1 aliphatic heterocycles. The maximum Gasteiger partial charge on any atom is 0.0548 e. The lowest BCUT2D eigenvalue weighted by molar-refractivity contribution is 0.180. The van der Waals surface area contributed by atoms with Crippen LogP contribution in [0.1, 0.15) is 33.1 Å². The summed E-state index contributed by atoms with van der Waals surface area (Å²) in [5, 5.41) is 6.78. The molecule has 1 saturated heterocycles. The first-order chi connectivity index (χ1) is 9.29. The third-order valence-electron chi connectivity index (χ3n) is 3.73. The minimum Gasteiger partial charge on any atom is -0.384 e. The second-order valence-corrected chi connectivity index (χ2v) is 5.32. The van der Waals surface area contributed by atoms with Gasteiger partial charge in [-0.05, 0) is 45.8 Å². The molecule has 0 radical (unpaired) electrons. The van der Waals surface area contributed by atoms with Gasteiger partial charge in [0.05, 0.1) is 23.8 Å². The van der Waals surface area contributed by atoms with Gasteiger partial charge in [0.15, 0.2) is 0 Å². The van der Waals surface area contributed by atoms with Crippen LogP contribution in [0.15, 0.2) is 18.5 Å². The summed E-state index contributed by atoms with van der Waals surface area (Å²) >= 11 is 0. The second kappa shape index (κ2) is 7.34. The minimum atomic E-state index is 0.586. The van der Waals surface area contributed by atoms with Crippen molar-refractivity contribution in [2.45, 2.75) is 39.2 Å². The quantitative estimate of drug-likeness (QED) is 0.827. The van der Waals surface area contributed by atoms with Crippen LogP contribution in [0.25, 0.3) is 0 Å². The van der Waals surface area contributed by atoms with Gasteiger partial charge in [0.2, 0.25) is 0 Å². The Balaban J connectivity index is 1.82. The Bertz CT molecular complexity index is 374. The number of nitrogens with one attached hydrogen (secondary N) is 2. The molecule has 1 unspecified atom stereocenters. The van der Waals surface area contributed by atoms with E-state index in [-0.39, 0.29) is 0 Å². The smallest absolute Gasteiger partial charge is 0.0548 e. The topological polar surface area (TPSA) is 40.2 Å². The number of anilines is 2. The third-order valence-corrected chi connectivity index (χ3v) is 3.73. The highest BCUT2D eigenvalue weighted by Crippen LogP contribution is 2.15. The molecular weight excluding hydrogens is 236 g/mol. The van der Waals surface area contributed by atoms with Crippen molar-refractivity contribution < 1.29 is 0 Å². The van der Waals surface area contributed by atoms with Gasteiger partial charge in [0.1, 0.15) is 0 Å². The Morgan fingerprint density at radius 2 is 1.84 bits per heavy atom. The van der Waals surface area contributed by atoms with E-state index in [0.29, 0.717) is 6.04 Å². The van der Waals surface area contributed by atoms with E-state index in [2.05, 4.69) is 40.4 Å². The first-order valence-corrected chi connectivity index (χ1v) is 7.46.